The highest BCUT2D eigenvalue weighted by molar-refractivity contribution is 7.09. The van der Waals surface area contributed by atoms with Crippen LogP contribution >= 0.6 is 11.3 Å². The third-order valence-corrected chi connectivity index (χ3v) is 11.9. The van der Waals surface area contributed by atoms with Gasteiger partial charge in [0.1, 0.15) is 35.3 Å². The Bertz CT molecular complexity index is 1540. The Morgan fingerprint density at radius 1 is 1.00 bits per heavy atom. The summed E-state index contributed by atoms with van der Waals surface area (Å²) in [5.41, 5.74) is 1.04. The Balaban J connectivity index is 1.91. The number of hydrogen-bond donors (Lipinski definition) is 4. The number of benzene rings is 1. The first kappa shape index (κ1) is 47.8. The molecule has 1 aliphatic rings. The monoisotopic (exact) mass is 815 g/mol. The van der Waals surface area contributed by atoms with Crippen molar-refractivity contribution in [2.45, 2.75) is 143 Å². The molecule has 0 bridgehead atoms. The van der Waals surface area contributed by atoms with Crippen molar-refractivity contribution in [1.82, 2.24) is 25.4 Å². The molecule has 2 aromatic rings. The van der Waals surface area contributed by atoms with Crippen molar-refractivity contribution >= 4 is 35.0 Å². The number of carbonyl (C=O) groups is 4. The number of amides is 3. The van der Waals surface area contributed by atoms with Gasteiger partial charge < -0.3 is 35.2 Å². The van der Waals surface area contributed by atoms with E-state index in [1.807, 2.05) is 27.8 Å². The van der Waals surface area contributed by atoms with Crippen LogP contribution in [0.25, 0.3) is 0 Å². The number of likely N-dealkylation sites (N-methyl/N-ethyl adjacent to an activating group) is 1. The van der Waals surface area contributed by atoms with E-state index in [1.54, 1.807) is 41.5 Å². The highest BCUT2D eigenvalue weighted by Gasteiger charge is 2.38. The summed E-state index contributed by atoms with van der Waals surface area (Å²) in [4.78, 5) is 62.6. The normalized spacial score (nSPS) is 17.9. The van der Waals surface area contributed by atoms with Crippen molar-refractivity contribution in [1.29, 1.82) is 0 Å². The van der Waals surface area contributed by atoms with Crippen LogP contribution < -0.4 is 10.6 Å². The summed E-state index contributed by atoms with van der Waals surface area (Å²) in [5.74, 6) is -2.40. The summed E-state index contributed by atoms with van der Waals surface area (Å²) in [5, 5.41) is 27.8. The fraction of sp³-hybridized carbons (Fsp3) is 0.698. The molecule has 7 atom stereocenters. The number of rotatable bonds is 25. The molecule has 320 valence electrons. The van der Waals surface area contributed by atoms with E-state index in [0.717, 1.165) is 50.6 Å². The van der Waals surface area contributed by atoms with E-state index in [1.165, 1.54) is 11.3 Å². The molecule has 4 N–H and O–H groups in total. The Kier molecular flexibility index (Phi) is 20.4. The standard InChI is InChI=1S/C43H69N5O8S/c1-9-12-22-55-27-48(42(52)38(29(6)11-3)46-40(51)35-15-13-14-20-47(35)8)36(28(4)5)25-37(56-21-10-2)41-45-34(26-57-41)39(50)44-32(23-30(7)43(53)54)24-31-16-18-33(49)19-17-31/h16-19,26,28-30,32,35-38,49H,9-15,20-25,27H2,1-8H3,(H,44,50)(H,46,51)(H,53,54). The SMILES string of the molecule is CCCCOCN(C(=O)C(NC(=O)C1CCCCN1C)C(C)CC)C(CC(OCCC)c1nc(C(=O)NC(Cc2ccc(O)cc2)CC(C)C(=O)O)cs1)C(C)C. The first-order valence-corrected chi connectivity index (χ1v) is 21.9. The summed E-state index contributed by atoms with van der Waals surface area (Å²) in [6, 6.07) is 4.75. The topological polar surface area (TPSA) is 171 Å². The van der Waals surface area contributed by atoms with E-state index >= 15 is 0 Å². The molecule has 14 heteroatoms. The Morgan fingerprint density at radius 2 is 1.72 bits per heavy atom. The summed E-state index contributed by atoms with van der Waals surface area (Å²) in [6.07, 6.45) is 6.46. The number of unbranched alkanes of at least 4 members (excludes halogenated alkanes) is 1. The predicted octanol–water partition coefficient (Wildman–Crippen LogP) is 6.80. The quantitative estimate of drug-likeness (QED) is 0.0618. The smallest absolute Gasteiger partial charge is 0.306 e. The number of ether oxygens (including phenoxy) is 2. The lowest BCUT2D eigenvalue weighted by molar-refractivity contribution is -0.149. The maximum absolute atomic E-state index is 14.8. The summed E-state index contributed by atoms with van der Waals surface area (Å²) >= 11 is 1.31. The number of nitrogens with one attached hydrogen (secondary N) is 2. The number of likely N-dealkylation sites (tertiary alicyclic amines) is 1. The van der Waals surface area contributed by atoms with Crippen LogP contribution in [0.4, 0.5) is 0 Å². The summed E-state index contributed by atoms with van der Waals surface area (Å²) in [6.45, 7) is 15.7. The third-order valence-electron chi connectivity index (χ3n) is 11.0. The van der Waals surface area contributed by atoms with Crippen molar-refractivity contribution < 1.29 is 38.9 Å². The Labute approximate surface area is 344 Å². The van der Waals surface area contributed by atoms with Crippen molar-refractivity contribution in [2.75, 3.05) is 33.5 Å². The van der Waals surface area contributed by atoms with Gasteiger partial charge in [-0.15, -0.1) is 11.3 Å². The lowest BCUT2D eigenvalue weighted by Crippen LogP contribution is -2.59. The fourth-order valence-corrected chi connectivity index (χ4v) is 8.02. The molecule has 1 saturated heterocycles. The van der Waals surface area contributed by atoms with Gasteiger partial charge >= 0.3 is 5.97 Å². The van der Waals surface area contributed by atoms with Crippen LogP contribution in [-0.4, -0.2) is 106 Å². The zero-order chi connectivity index (χ0) is 42.1. The van der Waals surface area contributed by atoms with E-state index in [0.29, 0.717) is 37.5 Å². The van der Waals surface area contributed by atoms with Crippen LogP contribution in [0.2, 0.25) is 0 Å². The molecule has 0 aliphatic carbocycles. The number of aromatic hydroxyl groups is 1. The molecular weight excluding hydrogens is 747 g/mol. The number of nitrogens with zero attached hydrogens (tertiary/aromatic N) is 3. The van der Waals surface area contributed by atoms with Crippen LogP contribution in [0.1, 0.15) is 133 Å². The van der Waals surface area contributed by atoms with Crippen molar-refractivity contribution in [3.8, 4) is 5.75 Å². The number of aromatic nitrogens is 1. The number of phenolic OH excluding ortho intramolecular Hbond substituents is 1. The van der Waals surface area contributed by atoms with Gasteiger partial charge in [-0.25, -0.2) is 4.98 Å². The molecule has 0 saturated carbocycles. The minimum Gasteiger partial charge on any atom is -0.508 e. The lowest BCUT2D eigenvalue weighted by Gasteiger charge is -2.40. The third kappa shape index (κ3) is 14.9. The average Bonchev–Trinajstić information content (AvgIpc) is 3.68. The van der Waals surface area contributed by atoms with Gasteiger partial charge in [0.25, 0.3) is 5.91 Å². The molecule has 13 nitrogen and oxygen atoms in total. The van der Waals surface area contributed by atoms with Crippen LogP contribution in [0.3, 0.4) is 0 Å². The van der Waals surface area contributed by atoms with Gasteiger partial charge in [0.05, 0.1) is 12.0 Å². The number of piperidine rings is 1. The number of aliphatic carboxylic acids is 1. The van der Waals surface area contributed by atoms with Crippen molar-refractivity contribution in [3.63, 3.8) is 0 Å². The number of carbonyl (C=O) groups excluding carboxylic acids is 3. The molecule has 0 radical (unpaired) electrons. The molecule has 3 rings (SSSR count). The maximum Gasteiger partial charge on any atom is 0.306 e. The largest absolute Gasteiger partial charge is 0.508 e. The molecule has 1 fully saturated rings. The molecule has 0 spiro atoms. The molecule has 57 heavy (non-hydrogen) atoms. The number of thiazole rings is 1. The number of phenols is 1. The second-order valence-corrected chi connectivity index (χ2v) is 16.9. The van der Waals surface area contributed by atoms with E-state index < -0.39 is 36.0 Å². The van der Waals surface area contributed by atoms with Gasteiger partial charge in [-0.05, 0) is 81.6 Å². The molecule has 7 unspecified atom stereocenters. The van der Waals surface area contributed by atoms with Gasteiger partial charge in [0, 0.05) is 37.1 Å². The number of carboxylic acid groups (broad SMARTS) is 1. The molecule has 1 aliphatic heterocycles. The average molecular weight is 816 g/mol. The van der Waals surface area contributed by atoms with Gasteiger partial charge in [-0.3, -0.25) is 24.1 Å². The molecule has 1 aromatic heterocycles. The second-order valence-electron chi connectivity index (χ2n) is 16.1. The minimum atomic E-state index is -0.954. The van der Waals surface area contributed by atoms with Gasteiger partial charge in [0.2, 0.25) is 11.8 Å². The minimum absolute atomic E-state index is 0.0196. The van der Waals surface area contributed by atoms with Gasteiger partial charge in [0.15, 0.2) is 0 Å². The van der Waals surface area contributed by atoms with Crippen molar-refractivity contribution in [3.05, 3.63) is 45.9 Å². The second kappa shape index (κ2) is 24.4. The van der Waals surface area contributed by atoms with E-state index in [9.17, 15) is 29.4 Å². The number of carboxylic acids is 1. The fourth-order valence-electron chi connectivity index (χ4n) is 7.17. The van der Waals surface area contributed by atoms with Crippen LogP contribution in [0.5, 0.6) is 5.75 Å². The maximum atomic E-state index is 14.8. The number of hydrogen-bond acceptors (Lipinski definition) is 10. The van der Waals surface area contributed by atoms with Crippen LogP contribution in [-0.2, 0) is 30.3 Å². The zero-order valence-corrected chi connectivity index (χ0v) is 36.3. The Morgan fingerprint density at radius 3 is 2.33 bits per heavy atom. The first-order valence-electron chi connectivity index (χ1n) is 21.0. The summed E-state index contributed by atoms with van der Waals surface area (Å²) < 4.78 is 12.6. The highest BCUT2D eigenvalue weighted by atomic mass is 32.1. The zero-order valence-electron chi connectivity index (χ0n) is 35.5. The van der Waals surface area contributed by atoms with Gasteiger partial charge in [-0.2, -0.15) is 0 Å². The molecular formula is C43H69N5O8S. The van der Waals surface area contributed by atoms with Gasteiger partial charge in [-0.1, -0.05) is 79.9 Å². The van der Waals surface area contributed by atoms with E-state index in [4.69, 9.17) is 14.5 Å². The van der Waals surface area contributed by atoms with Crippen molar-refractivity contribution in [2.24, 2.45) is 17.8 Å². The van der Waals surface area contributed by atoms with E-state index in [2.05, 4.69) is 36.3 Å². The van der Waals surface area contributed by atoms with Crippen LogP contribution in [0, 0.1) is 17.8 Å². The van der Waals surface area contributed by atoms with E-state index in [-0.39, 0.29) is 60.3 Å². The molecule has 2 heterocycles. The first-order chi connectivity index (χ1) is 27.2. The molecule has 3 amide bonds. The summed E-state index contributed by atoms with van der Waals surface area (Å²) in [7, 11) is 1.96. The molecule has 1 aromatic carbocycles. The Hall–Kier alpha value is -3.59. The highest BCUT2D eigenvalue weighted by Crippen LogP contribution is 2.32. The lowest BCUT2D eigenvalue weighted by atomic mass is 9.92. The predicted molar refractivity (Wildman–Crippen MR) is 223 cm³/mol. The van der Waals surface area contributed by atoms with Crippen LogP contribution in [0.15, 0.2) is 29.6 Å².